The second-order valence-electron chi connectivity index (χ2n) is 5.63. The Hall–Kier alpha value is -1.16. The Morgan fingerprint density at radius 1 is 1.16 bits per heavy atom. The molecule has 0 amide bonds. The molecule has 19 heavy (non-hydrogen) atoms. The molecule has 1 aliphatic heterocycles. The molecule has 1 saturated carbocycles. The van der Waals surface area contributed by atoms with E-state index < -0.39 is 5.82 Å². The van der Waals surface area contributed by atoms with Crippen LogP contribution in [0.1, 0.15) is 32.1 Å². The summed E-state index contributed by atoms with van der Waals surface area (Å²) in [7, 11) is 0. The van der Waals surface area contributed by atoms with Crippen molar-refractivity contribution in [3.63, 3.8) is 0 Å². The van der Waals surface area contributed by atoms with Gasteiger partial charge in [-0.15, -0.1) is 0 Å². The highest BCUT2D eigenvalue weighted by molar-refractivity contribution is 6.33. The number of nitrogen functional groups attached to an aromatic ring is 2. The number of nitrogens with zero attached hydrogens (tertiary/aromatic N) is 1. The summed E-state index contributed by atoms with van der Waals surface area (Å²) in [6, 6.07) is 1.97. The van der Waals surface area contributed by atoms with E-state index in [0.717, 1.165) is 19.4 Å². The summed E-state index contributed by atoms with van der Waals surface area (Å²) in [5, 5.41) is -0.0107. The third-order valence-electron chi connectivity index (χ3n) is 4.54. The molecule has 1 heterocycles. The maximum atomic E-state index is 14.4. The van der Waals surface area contributed by atoms with Gasteiger partial charge in [0, 0.05) is 12.6 Å². The van der Waals surface area contributed by atoms with Crippen LogP contribution < -0.4 is 16.4 Å². The Labute approximate surface area is 117 Å². The van der Waals surface area contributed by atoms with Gasteiger partial charge in [-0.3, -0.25) is 0 Å². The smallest absolute Gasteiger partial charge is 0.169 e. The molecule has 3 rings (SSSR count). The Kier molecular flexibility index (Phi) is 3.21. The highest BCUT2D eigenvalue weighted by atomic mass is 35.5. The number of hydrogen-bond donors (Lipinski definition) is 2. The predicted molar refractivity (Wildman–Crippen MR) is 77.9 cm³/mol. The number of rotatable bonds is 1. The van der Waals surface area contributed by atoms with Gasteiger partial charge >= 0.3 is 0 Å². The van der Waals surface area contributed by atoms with Gasteiger partial charge in [-0.05, 0) is 31.2 Å². The SMILES string of the molecule is Nc1cc(N)c(N2CCC3CCCCC32)c(F)c1Cl. The molecule has 3 nitrogen and oxygen atoms in total. The quantitative estimate of drug-likeness (QED) is 0.777. The molecule has 2 unspecified atom stereocenters. The molecule has 2 aliphatic rings. The molecule has 104 valence electrons. The minimum absolute atomic E-state index is 0.0107. The number of hydrogen-bond acceptors (Lipinski definition) is 3. The molecule has 2 atom stereocenters. The van der Waals surface area contributed by atoms with Crippen LogP contribution in [0.3, 0.4) is 0 Å². The lowest BCUT2D eigenvalue weighted by Crippen LogP contribution is -2.35. The zero-order chi connectivity index (χ0) is 13.6. The average molecular weight is 284 g/mol. The van der Waals surface area contributed by atoms with Gasteiger partial charge < -0.3 is 16.4 Å². The third-order valence-corrected chi connectivity index (χ3v) is 4.92. The topological polar surface area (TPSA) is 55.3 Å². The molecule has 2 fully saturated rings. The summed E-state index contributed by atoms with van der Waals surface area (Å²) < 4.78 is 14.4. The fraction of sp³-hybridized carbons (Fsp3) is 0.571. The first-order chi connectivity index (χ1) is 9.09. The van der Waals surface area contributed by atoms with Crippen molar-refractivity contribution in [1.82, 2.24) is 0 Å². The van der Waals surface area contributed by atoms with Crippen molar-refractivity contribution < 1.29 is 4.39 Å². The molecule has 0 aromatic heterocycles. The standard InChI is InChI=1S/C14H19ClFN3/c15-12-9(17)7-10(18)14(13(12)16)19-6-5-8-3-1-2-4-11(8)19/h7-8,11H,1-6,17-18H2. The summed E-state index contributed by atoms with van der Waals surface area (Å²) in [5.74, 6) is 0.203. The van der Waals surface area contributed by atoms with Gasteiger partial charge in [0.25, 0.3) is 0 Å². The minimum Gasteiger partial charge on any atom is -0.397 e. The molecule has 1 saturated heterocycles. The van der Waals surface area contributed by atoms with Crippen LogP contribution in [0.4, 0.5) is 21.5 Å². The first-order valence-electron chi connectivity index (χ1n) is 6.89. The summed E-state index contributed by atoms with van der Waals surface area (Å²) in [5.41, 5.74) is 12.7. The van der Waals surface area contributed by atoms with Crippen LogP contribution in [0, 0.1) is 11.7 Å². The van der Waals surface area contributed by atoms with E-state index in [-0.39, 0.29) is 10.7 Å². The van der Waals surface area contributed by atoms with Crippen molar-refractivity contribution in [1.29, 1.82) is 0 Å². The molecular formula is C14H19ClFN3. The van der Waals surface area contributed by atoms with E-state index in [9.17, 15) is 4.39 Å². The van der Waals surface area contributed by atoms with Gasteiger partial charge in [0.05, 0.1) is 17.1 Å². The average Bonchev–Trinajstić information content (AvgIpc) is 2.81. The zero-order valence-corrected chi connectivity index (χ0v) is 11.6. The monoisotopic (exact) mass is 283 g/mol. The molecule has 0 bridgehead atoms. The van der Waals surface area contributed by atoms with Crippen molar-refractivity contribution in [3.05, 3.63) is 16.9 Å². The normalized spacial score (nSPS) is 26.5. The Morgan fingerprint density at radius 3 is 2.68 bits per heavy atom. The zero-order valence-electron chi connectivity index (χ0n) is 10.8. The number of halogens is 2. The minimum atomic E-state index is -0.467. The lowest BCUT2D eigenvalue weighted by Gasteiger charge is -2.34. The number of nitrogens with two attached hydrogens (primary N) is 2. The Morgan fingerprint density at radius 2 is 1.89 bits per heavy atom. The van der Waals surface area contributed by atoms with E-state index in [1.807, 2.05) is 0 Å². The number of anilines is 3. The van der Waals surface area contributed by atoms with Crippen molar-refractivity contribution in [2.75, 3.05) is 22.9 Å². The van der Waals surface area contributed by atoms with E-state index in [0.29, 0.717) is 23.3 Å². The molecule has 4 N–H and O–H groups in total. The Balaban J connectivity index is 2.00. The highest BCUT2D eigenvalue weighted by Crippen LogP contribution is 2.44. The molecule has 5 heteroatoms. The molecule has 0 spiro atoms. The third kappa shape index (κ3) is 2.02. The Bertz CT molecular complexity index is 506. The van der Waals surface area contributed by atoms with E-state index in [1.165, 1.54) is 19.3 Å². The van der Waals surface area contributed by atoms with Crippen LogP contribution in [-0.4, -0.2) is 12.6 Å². The van der Waals surface area contributed by atoms with E-state index in [2.05, 4.69) is 4.90 Å². The molecule has 0 radical (unpaired) electrons. The predicted octanol–water partition coefficient (Wildman–Crippen LogP) is 3.41. The van der Waals surface area contributed by atoms with Gasteiger partial charge in [0.2, 0.25) is 0 Å². The lowest BCUT2D eigenvalue weighted by molar-refractivity contribution is 0.341. The van der Waals surface area contributed by atoms with Gasteiger partial charge in [-0.25, -0.2) is 4.39 Å². The number of benzene rings is 1. The fourth-order valence-electron chi connectivity index (χ4n) is 3.63. The molecule has 1 aromatic carbocycles. The van der Waals surface area contributed by atoms with E-state index in [4.69, 9.17) is 23.1 Å². The van der Waals surface area contributed by atoms with Gasteiger partial charge in [-0.2, -0.15) is 0 Å². The largest absolute Gasteiger partial charge is 0.397 e. The van der Waals surface area contributed by atoms with E-state index in [1.54, 1.807) is 6.07 Å². The first kappa shape index (κ1) is 12.9. The van der Waals surface area contributed by atoms with Crippen molar-refractivity contribution >= 4 is 28.7 Å². The first-order valence-corrected chi connectivity index (χ1v) is 7.27. The highest BCUT2D eigenvalue weighted by Gasteiger charge is 2.38. The van der Waals surface area contributed by atoms with Crippen LogP contribution in [0.2, 0.25) is 5.02 Å². The maximum Gasteiger partial charge on any atom is 0.169 e. The molecule has 1 aliphatic carbocycles. The fourth-order valence-corrected chi connectivity index (χ4v) is 3.78. The van der Waals surface area contributed by atoms with E-state index >= 15 is 0 Å². The van der Waals surface area contributed by atoms with Crippen molar-refractivity contribution in [3.8, 4) is 0 Å². The van der Waals surface area contributed by atoms with Gasteiger partial charge in [0.15, 0.2) is 5.82 Å². The van der Waals surface area contributed by atoms with Gasteiger partial charge in [0.1, 0.15) is 5.02 Å². The van der Waals surface area contributed by atoms with Crippen LogP contribution in [-0.2, 0) is 0 Å². The van der Waals surface area contributed by atoms with Crippen LogP contribution in [0.15, 0.2) is 6.07 Å². The molecular weight excluding hydrogens is 265 g/mol. The van der Waals surface area contributed by atoms with Crippen LogP contribution in [0.5, 0.6) is 0 Å². The summed E-state index contributed by atoms with van der Waals surface area (Å²) in [6.07, 6.45) is 5.97. The van der Waals surface area contributed by atoms with Crippen molar-refractivity contribution in [2.24, 2.45) is 5.92 Å². The van der Waals surface area contributed by atoms with Crippen LogP contribution >= 0.6 is 11.6 Å². The van der Waals surface area contributed by atoms with Crippen molar-refractivity contribution in [2.45, 2.75) is 38.1 Å². The lowest BCUT2D eigenvalue weighted by atomic mass is 9.85. The number of fused-ring (bicyclic) bond motifs is 1. The summed E-state index contributed by atoms with van der Waals surface area (Å²) in [6.45, 7) is 0.858. The maximum absolute atomic E-state index is 14.4. The summed E-state index contributed by atoms with van der Waals surface area (Å²) >= 11 is 5.93. The molecule has 1 aromatic rings. The second kappa shape index (κ2) is 4.75. The van der Waals surface area contributed by atoms with Gasteiger partial charge in [-0.1, -0.05) is 24.4 Å². The second-order valence-corrected chi connectivity index (χ2v) is 6.00. The summed E-state index contributed by atoms with van der Waals surface area (Å²) in [4.78, 5) is 2.11. The van der Waals surface area contributed by atoms with Crippen LogP contribution in [0.25, 0.3) is 0 Å².